The molecule has 1 spiro atoms. The minimum Gasteiger partial charge on any atom is -0.408 e. The lowest BCUT2D eigenvalue weighted by atomic mass is 9.86. The molecule has 2 heterocycles. The minimum atomic E-state index is -1.46. The molecule has 2 aliphatic rings. The maximum absolute atomic E-state index is 11.6. The number of nitrogens with one attached hydrogen (secondary N) is 2. The van der Waals surface area contributed by atoms with E-state index in [0.29, 0.717) is 24.1 Å². The normalized spacial score (nSPS) is 21.6. The summed E-state index contributed by atoms with van der Waals surface area (Å²) in [5.74, 6) is -3.99. The number of likely N-dealkylation sites (N-methyl/N-ethyl adjacent to an activating group) is 1. The average molecular weight is 329 g/mol. The first-order valence-corrected chi connectivity index (χ1v) is 7.52. The number of hydrogen-bond acceptors (Lipinski definition) is 6. The molecular formula is C16H15N3O5. The van der Waals surface area contributed by atoms with Crippen LogP contribution in [0.5, 0.6) is 0 Å². The summed E-state index contributed by atoms with van der Waals surface area (Å²) in [6.45, 7) is 0. The van der Waals surface area contributed by atoms with Crippen molar-refractivity contribution in [2.24, 2.45) is 5.73 Å². The van der Waals surface area contributed by atoms with E-state index in [1.54, 1.807) is 25.2 Å². The van der Waals surface area contributed by atoms with E-state index >= 15 is 0 Å². The molecule has 1 aliphatic carbocycles. The molecule has 0 radical (unpaired) electrons. The van der Waals surface area contributed by atoms with E-state index in [0.717, 1.165) is 16.5 Å². The molecule has 1 atom stereocenters. The molecule has 124 valence electrons. The van der Waals surface area contributed by atoms with Crippen molar-refractivity contribution in [2.45, 2.75) is 24.7 Å². The van der Waals surface area contributed by atoms with Crippen LogP contribution in [0.1, 0.15) is 28.0 Å². The van der Waals surface area contributed by atoms with Crippen LogP contribution in [0, 0.1) is 0 Å². The van der Waals surface area contributed by atoms with Crippen LogP contribution in [0.25, 0.3) is 10.9 Å². The third-order valence-corrected chi connectivity index (χ3v) is 4.63. The van der Waals surface area contributed by atoms with E-state index in [-0.39, 0.29) is 6.04 Å². The molecule has 4 rings (SSSR count). The molecule has 2 aromatic rings. The number of esters is 2. The summed E-state index contributed by atoms with van der Waals surface area (Å²) in [4.78, 5) is 37.9. The molecule has 1 fully saturated rings. The standard InChI is InChI=1S/C16H15N3O5/c1-18-8-5-10-9-4-7(13(17)20)2-3-11(9)19-12(10)16(6-8)23-14(21)15(22)24-16/h2-4,8,18-19H,5-6H2,1H3,(H2,17,20). The second kappa shape index (κ2) is 4.81. The third kappa shape index (κ3) is 1.93. The van der Waals surface area contributed by atoms with Gasteiger partial charge in [0.1, 0.15) is 5.69 Å². The Kier molecular flexibility index (Phi) is 2.95. The number of aromatic amines is 1. The smallest absolute Gasteiger partial charge is 0.408 e. The number of primary amides is 1. The molecule has 1 unspecified atom stereocenters. The molecule has 8 nitrogen and oxygen atoms in total. The Morgan fingerprint density at radius 1 is 1.33 bits per heavy atom. The van der Waals surface area contributed by atoms with Gasteiger partial charge in [0.15, 0.2) is 0 Å². The average Bonchev–Trinajstić information content (AvgIpc) is 3.05. The SMILES string of the molecule is CNC1Cc2c([nH]c3ccc(C(N)=O)cc23)C2(C1)OC(=O)C(=O)O2. The van der Waals surface area contributed by atoms with Crippen LogP contribution in [-0.4, -0.2) is 35.9 Å². The van der Waals surface area contributed by atoms with Crippen molar-refractivity contribution in [1.29, 1.82) is 0 Å². The number of nitrogens with two attached hydrogens (primary N) is 1. The first kappa shape index (κ1) is 14.7. The number of carbonyl (C=O) groups excluding carboxylic acids is 3. The van der Waals surface area contributed by atoms with Gasteiger partial charge in [0.2, 0.25) is 5.91 Å². The topological polar surface area (TPSA) is 124 Å². The number of carbonyl (C=O) groups is 3. The van der Waals surface area contributed by atoms with E-state index in [1.807, 2.05) is 0 Å². The van der Waals surface area contributed by atoms with Crippen molar-refractivity contribution in [3.8, 4) is 0 Å². The Hall–Kier alpha value is -2.87. The number of ether oxygens (including phenoxy) is 2. The number of hydrogen-bond donors (Lipinski definition) is 3. The monoisotopic (exact) mass is 329 g/mol. The van der Waals surface area contributed by atoms with Gasteiger partial charge in [0.05, 0.1) is 0 Å². The van der Waals surface area contributed by atoms with Gasteiger partial charge in [-0.05, 0) is 37.2 Å². The molecular weight excluding hydrogens is 314 g/mol. The molecule has 0 bridgehead atoms. The Bertz CT molecular complexity index is 884. The Balaban J connectivity index is 1.94. The lowest BCUT2D eigenvalue weighted by Gasteiger charge is -2.34. The number of fused-ring (bicyclic) bond motifs is 4. The summed E-state index contributed by atoms with van der Waals surface area (Å²) in [5.41, 5.74) is 7.85. The Morgan fingerprint density at radius 3 is 2.67 bits per heavy atom. The zero-order valence-electron chi connectivity index (χ0n) is 12.8. The first-order valence-electron chi connectivity index (χ1n) is 7.52. The summed E-state index contributed by atoms with van der Waals surface area (Å²) in [7, 11) is 1.78. The summed E-state index contributed by atoms with van der Waals surface area (Å²) in [5, 5.41) is 3.92. The molecule has 1 saturated heterocycles. The predicted octanol–water partition coefficient (Wildman–Crippen LogP) is 0.0538. The Labute approximate surface area is 136 Å². The summed E-state index contributed by atoms with van der Waals surface area (Å²) < 4.78 is 10.6. The zero-order valence-corrected chi connectivity index (χ0v) is 12.8. The van der Waals surface area contributed by atoms with E-state index in [1.165, 1.54) is 0 Å². The highest BCUT2D eigenvalue weighted by Crippen LogP contribution is 2.44. The summed E-state index contributed by atoms with van der Waals surface area (Å²) >= 11 is 0. The van der Waals surface area contributed by atoms with Gasteiger partial charge in [-0.15, -0.1) is 0 Å². The molecule has 1 aliphatic heterocycles. The molecule has 0 saturated carbocycles. The summed E-state index contributed by atoms with van der Waals surface area (Å²) in [6.07, 6.45) is 0.939. The fraction of sp³-hybridized carbons (Fsp3) is 0.312. The number of benzene rings is 1. The second-order valence-corrected chi connectivity index (χ2v) is 6.03. The number of rotatable bonds is 2. The molecule has 1 aromatic carbocycles. The fourth-order valence-electron chi connectivity index (χ4n) is 3.48. The molecule has 8 heteroatoms. The lowest BCUT2D eigenvalue weighted by Crippen LogP contribution is -2.44. The van der Waals surface area contributed by atoms with Gasteiger partial charge in [-0.2, -0.15) is 0 Å². The lowest BCUT2D eigenvalue weighted by molar-refractivity contribution is -0.193. The van der Waals surface area contributed by atoms with Gasteiger partial charge in [-0.3, -0.25) is 4.79 Å². The molecule has 1 amide bonds. The number of aromatic nitrogens is 1. The minimum absolute atomic E-state index is 0.0626. The molecule has 1 aromatic heterocycles. The van der Waals surface area contributed by atoms with Crippen molar-refractivity contribution in [1.82, 2.24) is 10.3 Å². The van der Waals surface area contributed by atoms with Gasteiger partial charge in [0.25, 0.3) is 0 Å². The zero-order chi connectivity index (χ0) is 17.1. The maximum Gasteiger partial charge on any atom is 0.421 e. The highest BCUT2D eigenvalue weighted by Gasteiger charge is 2.55. The highest BCUT2D eigenvalue weighted by atomic mass is 16.8. The van der Waals surface area contributed by atoms with Crippen molar-refractivity contribution < 1.29 is 23.9 Å². The third-order valence-electron chi connectivity index (χ3n) is 4.63. The van der Waals surface area contributed by atoms with E-state index in [4.69, 9.17) is 15.2 Å². The summed E-state index contributed by atoms with van der Waals surface area (Å²) in [6, 6.07) is 4.97. The van der Waals surface area contributed by atoms with Gasteiger partial charge < -0.3 is 25.5 Å². The first-order chi connectivity index (χ1) is 11.4. The van der Waals surface area contributed by atoms with Gasteiger partial charge in [0, 0.05) is 28.9 Å². The van der Waals surface area contributed by atoms with Crippen molar-refractivity contribution in [3.63, 3.8) is 0 Å². The van der Waals surface area contributed by atoms with Crippen molar-refractivity contribution in [3.05, 3.63) is 35.0 Å². The van der Waals surface area contributed by atoms with Crippen LogP contribution in [0.2, 0.25) is 0 Å². The van der Waals surface area contributed by atoms with Crippen LogP contribution >= 0.6 is 0 Å². The van der Waals surface area contributed by atoms with E-state index in [9.17, 15) is 14.4 Å². The maximum atomic E-state index is 11.6. The van der Waals surface area contributed by atoms with Crippen LogP contribution in [0.15, 0.2) is 18.2 Å². The van der Waals surface area contributed by atoms with Crippen molar-refractivity contribution in [2.75, 3.05) is 7.05 Å². The van der Waals surface area contributed by atoms with Gasteiger partial charge in [-0.25, -0.2) is 9.59 Å². The highest BCUT2D eigenvalue weighted by molar-refractivity contribution is 6.31. The van der Waals surface area contributed by atoms with Crippen LogP contribution in [0.4, 0.5) is 0 Å². The van der Waals surface area contributed by atoms with E-state index < -0.39 is 23.6 Å². The largest absolute Gasteiger partial charge is 0.421 e. The van der Waals surface area contributed by atoms with Crippen molar-refractivity contribution >= 4 is 28.7 Å². The second-order valence-electron chi connectivity index (χ2n) is 6.03. The quantitative estimate of drug-likeness (QED) is 0.528. The van der Waals surface area contributed by atoms with E-state index in [2.05, 4.69) is 10.3 Å². The van der Waals surface area contributed by atoms with Gasteiger partial charge in [-0.1, -0.05) is 0 Å². The van der Waals surface area contributed by atoms with Crippen LogP contribution < -0.4 is 11.1 Å². The number of amides is 1. The van der Waals surface area contributed by atoms with Crippen LogP contribution in [-0.2, 0) is 31.3 Å². The number of H-pyrrole nitrogens is 1. The van der Waals surface area contributed by atoms with Gasteiger partial charge >= 0.3 is 17.7 Å². The predicted molar refractivity (Wildman–Crippen MR) is 81.8 cm³/mol. The molecule has 4 N–H and O–H groups in total. The Morgan fingerprint density at radius 2 is 2.04 bits per heavy atom. The fourth-order valence-corrected chi connectivity index (χ4v) is 3.48. The molecule has 24 heavy (non-hydrogen) atoms. The van der Waals surface area contributed by atoms with Crippen LogP contribution in [0.3, 0.4) is 0 Å².